The standard InChI is InChI=1S/C26H40ClN5S/c1-8-12-31(6)14-20(9-2)21-15-32(16-21)26-29-19(5)24(33-7)25(30-26)28-18(4)23-11-10-22(27)13-17(23)3/h10-11,13,18,20-21H,8-9,12,14-16H2,1-7H3,(H,28,29,30)/t18-,20+/m1/s1. The largest absolute Gasteiger partial charge is 0.362 e. The topological polar surface area (TPSA) is 44.3 Å². The number of aryl methyl sites for hydroxylation is 2. The van der Waals surface area contributed by atoms with Crippen LogP contribution in [0.1, 0.15) is 56.5 Å². The number of benzene rings is 1. The first-order valence-corrected chi connectivity index (χ1v) is 13.8. The molecule has 7 heteroatoms. The third-order valence-corrected chi connectivity index (χ3v) is 7.95. The van der Waals surface area contributed by atoms with Crippen molar-refractivity contribution in [3.63, 3.8) is 0 Å². The van der Waals surface area contributed by atoms with Gasteiger partial charge in [-0.25, -0.2) is 4.98 Å². The van der Waals surface area contributed by atoms with Crippen molar-refractivity contribution in [2.24, 2.45) is 11.8 Å². The van der Waals surface area contributed by atoms with Gasteiger partial charge in [0.2, 0.25) is 5.95 Å². The monoisotopic (exact) mass is 489 g/mol. The summed E-state index contributed by atoms with van der Waals surface area (Å²) in [4.78, 5) is 15.8. The maximum atomic E-state index is 6.16. The van der Waals surface area contributed by atoms with Crippen LogP contribution in [-0.4, -0.2) is 54.4 Å². The molecule has 1 saturated heterocycles. The molecule has 0 spiro atoms. The van der Waals surface area contributed by atoms with Crippen LogP contribution in [0.2, 0.25) is 5.02 Å². The molecular formula is C26H40ClN5S. The Hall–Kier alpha value is -1.50. The van der Waals surface area contributed by atoms with E-state index < -0.39 is 0 Å². The number of thioether (sulfide) groups is 1. The summed E-state index contributed by atoms with van der Waals surface area (Å²) in [6, 6.07) is 6.20. The summed E-state index contributed by atoms with van der Waals surface area (Å²) in [5, 5.41) is 4.43. The number of hydrogen-bond donors (Lipinski definition) is 1. The molecule has 1 N–H and O–H groups in total. The molecule has 0 radical (unpaired) electrons. The molecule has 182 valence electrons. The van der Waals surface area contributed by atoms with Gasteiger partial charge in [0.25, 0.3) is 0 Å². The predicted molar refractivity (Wildman–Crippen MR) is 144 cm³/mol. The molecule has 1 aromatic heterocycles. The number of nitrogens with zero attached hydrogens (tertiary/aromatic N) is 4. The van der Waals surface area contributed by atoms with Crippen LogP contribution in [0.15, 0.2) is 23.1 Å². The fourth-order valence-electron chi connectivity index (χ4n) is 4.90. The summed E-state index contributed by atoms with van der Waals surface area (Å²) >= 11 is 7.86. The Morgan fingerprint density at radius 3 is 2.58 bits per heavy atom. The SMILES string of the molecule is CCCN(C)C[C@H](CC)C1CN(c2nc(C)c(SC)c(N[C@H](C)c3ccc(Cl)cc3C)n2)C1. The zero-order valence-corrected chi connectivity index (χ0v) is 22.9. The Bertz CT molecular complexity index is 931. The maximum Gasteiger partial charge on any atom is 0.227 e. The van der Waals surface area contributed by atoms with Crippen LogP contribution in [0.25, 0.3) is 0 Å². The van der Waals surface area contributed by atoms with Crippen LogP contribution in [0, 0.1) is 25.7 Å². The van der Waals surface area contributed by atoms with Crippen molar-refractivity contribution in [1.82, 2.24) is 14.9 Å². The first-order valence-electron chi connectivity index (χ1n) is 12.2. The number of hydrogen-bond acceptors (Lipinski definition) is 6. The molecule has 33 heavy (non-hydrogen) atoms. The fraction of sp³-hybridized carbons (Fsp3) is 0.615. The van der Waals surface area contributed by atoms with E-state index in [1.807, 2.05) is 12.1 Å². The van der Waals surface area contributed by atoms with Gasteiger partial charge < -0.3 is 15.1 Å². The van der Waals surface area contributed by atoms with Crippen molar-refractivity contribution in [1.29, 1.82) is 0 Å². The molecular weight excluding hydrogens is 450 g/mol. The van der Waals surface area contributed by atoms with E-state index in [1.54, 1.807) is 11.8 Å². The molecule has 2 heterocycles. The van der Waals surface area contributed by atoms with Crippen molar-refractivity contribution >= 4 is 35.1 Å². The quantitative estimate of drug-likeness (QED) is 0.366. The highest BCUT2D eigenvalue weighted by atomic mass is 35.5. The highest BCUT2D eigenvalue weighted by Gasteiger charge is 2.35. The van der Waals surface area contributed by atoms with Gasteiger partial charge in [-0.05, 0) is 82.1 Å². The molecule has 0 unspecified atom stereocenters. The smallest absolute Gasteiger partial charge is 0.227 e. The Morgan fingerprint density at radius 1 is 1.24 bits per heavy atom. The molecule has 3 rings (SSSR count). The summed E-state index contributed by atoms with van der Waals surface area (Å²) in [5.41, 5.74) is 3.45. The molecule has 1 fully saturated rings. The molecule has 1 aliphatic rings. The van der Waals surface area contributed by atoms with Crippen LogP contribution in [-0.2, 0) is 0 Å². The first-order chi connectivity index (χ1) is 15.8. The van der Waals surface area contributed by atoms with Gasteiger partial charge in [0.15, 0.2) is 0 Å². The van der Waals surface area contributed by atoms with E-state index in [2.05, 4.69) is 69.1 Å². The minimum Gasteiger partial charge on any atom is -0.362 e. The number of anilines is 2. The predicted octanol–water partition coefficient (Wildman–Crippen LogP) is 6.45. The van der Waals surface area contributed by atoms with E-state index in [4.69, 9.17) is 21.6 Å². The van der Waals surface area contributed by atoms with Gasteiger partial charge in [-0.1, -0.05) is 37.9 Å². The van der Waals surface area contributed by atoms with Crippen molar-refractivity contribution in [3.05, 3.63) is 40.0 Å². The van der Waals surface area contributed by atoms with Crippen LogP contribution in [0.4, 0.5) is 11.8 Å². The summed E-state index contributed by atoms with van der Waals surface area (Å²) in [7, 11) is 2.25. The lowest BCUT2D eigenvalue weighted by Gasteiger charge is -2.44. The molecule has 0 amide bonds. The molecule has 1 aromatic carbocycles. The second kappa shape index (κ2) is 11.8. The average Bonchev–Trinajstić information content (AvgIpc) is 2.72. The lowest BCUT2D eigenvalue weighted by atomic mass is 9.83. The van der Waals surface area contributed by atoms with Gasteiger partial charge in [0, 0.05) is 24.7 Å². The third-order valence-electron chi connectivity index (χ3n) is 6.81. The van der Waals surface area contributed by atoms with Crippen molar-refractivity contribution in [2.45, 2.75) is 58.4 Å². The number of halogens is 1. The summed E-state index contributed by atoms with van der Waals surface area (Å²) in [5.74, 6) is 3.21. The van der Waals surface area contributed by atoms with Crippen molar-refractivity contribution in [3.8, 4) is 0 Å². The van der Waals surface area contributed by atoms with E-state index in [9.17, 15) is 0 Å². The van der Waals surface area contributed by atoms with E-state index in [0.717, 1.165) is 46.4 Å². The number of nitrogens with one attached hydrogen (secondary N) is 1. The van der Waals surface area contributed by atoms with Gasteiger partial charge in [-0.3, -0.25) is 0 Å². The molecule has 2 aromatic rings. The maximum absolute atomic E-state index is 6.16. The summed E-state index contributed by atoms with van der Waals surface area (Å²) in [6.07, 6.45) is 4.53. The molecule has 1 aliphatic heterocycles. The third kappa shape index (κ3) is 6.34. The fourth-order valence-corrected chi connectivity index (χ4v) is 5.76. The number of rotatable bonds is 11. The zero-order chi connectivity index (χ0) is 24.1. The van der Waals surface area contributed by atoms with E-state index >= 15 is 0 Å². The number of aromatic nitrogens is 2. The lowest BCUT2D eigenvalue weighted by Crippen LogP contribution is -2.52. The molecule has 2 atom stereocenters. The average molecular weight is 490 g/mol. The Balaban J connectivity index is 1.73. The van der Waals surface area contributed by atoms with Crippen LogP contribution >= 0.6 is 23.4 Å². The van der Waals surface area contributed by atoms with Crippen molar-refractivity contribution < 1.29 is 0 Å². The van der Waals surface area contributed by atoms with Gasteiger partial charge in [0.05, 0.1) is 16.6 Å². The Morgan fingerprint density at radius 2 is 1.97 bits per heavy atom. The lowest BCUT2D eigenvalue weighted by molar-refractivity contribution is 0.187. The van der Waals surface area contributed by atoms with E-state index in [0.29, 0.717) is 5.92 Å². The van der Waals surface area contributed by atoms with Crippen LogP contribution in [0.3, 0.4) is 0 Å². The normalized spacial score (nSPS) is 16.1. The molecule has 5 nitrogen and oxygen atoms in total. The minimum atomic E-state index is 0.123. The van der Waals surface area contributed by atoms with Gasteiger partial charge >= 0.3 is 0 Å². The van der Waals surface area contributed by atoms with Gasteiger partial charge in [-0.15, -0.1) is 11.8 Å². The minimum absolute atomic E-state index is 0.123. The zero-order valence-electron chi connectivity index (χ0n) is 21.3. The molecule has 0 aliphatic carbocycles. The highest BCUT2D eigenvalue weighted by Crippen LogP contribution is 2.35. The molecule has 0 saturated carbocycles. The van der Waals surface area contributed by atoms with Crippen LogP contribution in [0.5, 0.6) is 0 Å². The summed E-state index contributed by atoms with van der Waals surface area (Å²) in [6.45, 7) is 15.4. The highest BCUT2D eigenvalue weighted by molar-refractivity contribution is 7.98. The van der Waals surface area contributed by atoms with Crippen molar-refractivity contribution in [2.75, 3.05) is 49.7 Å². The second-order valence-corrected chi connectivity index (χ2v) is 10.7. The van der Waals surface area contributed by atoms with Crippen LogP contribution < -0.4 is 10.2 Å². The second-order valence-electron chi connectivity index (χ2n) is 9.45. The molecule has 0 bridgehead atoms. The van der Waals surface area contributed by atoms with Gasteiger partial charge in [0.1, 0.15) is 5.82 Å². The van der Waals surface area contributed by atoms with E-state index in [-0.39, 0.29) is 6.04 Å². The Labute approximate surface area is 209 Å². The van der Waals surface area contributed by atoms with Gasteiger partial charge in [-0.2, -0.15) is 4.98 Å². The van der Waals surface area contributed by atoms with E-state index in [1.165, 1.54) is 37.1 Å². The first kappa shape index (κ1) is 26.1. The summed E-state index contributed by atoms with van der Waals surface area (Å²) < 4.78 is 0. The Kier molecular flexibility index (Phi) is 9.31.